The highest BCUT2D eigenvalue weighted by Gasteiger charge is 2.23. The van der Waals surface area contributed by atoms with E-state index in [2.05, 4.69) is 6.92 Å². The Balaban J connectivity index is 4.36. The monoisotopic (exact) mass is 446 g/mol. The van der Waals surface area contributed by atoms with Crippen molar-refractivity contribution in [3.05, 3.63) is 0 Å². The van der Waals surface area contributed by atoms with Gasteiger partial charge in [-0.25, -0.2) is 4.79 Å². The van der Waals surface area contributed by atoms with Gasteiger partial charge in [0.2, 0.25) is 0 Å². The standard InChI is InChI=1S/C24H47NO6/c1-4-5-6-7-9-12-15-21(26)22(16-13-10-8-11-14-17-23(27)28)31-19-18-25(2,3)20-24(29)30/h21-22,26H,4-20H2,1-3H3,(H-,27,28,29,30)/p+1. The molecule has 7 heteroatoms. The summed E-state index contributed by atoms with van der Waals surface area (Å²) in [5.41, 5.74) is 0. The van der Waals surface area contributed by atoms with Crippen LogP contribution in [-0.4, -0.2) is 77.7 Å². The van der Waals surface area contributed by atoms with Gasteiger partial charge < -0.3 is 24.5 Å². The summed E-state index contributed by atoms with van der Waals surface area (Å²) in [6.07, 6.45) is 12.7. The van der Waals surface area contributed by atoms with Gasteiger partial charge in [0.1, 0.15) is 6.54 Å². The summed E-state index contributed by atoms with van der Waals surface area (Å²) in [5.74, 6) is -1.57. The molecule has 0 saturated heterocycles. The lowest BCUT2D eigenvalue weighted by molar-refractivity contribution is -0.883. The maximum absolute atomic E-state index is 11.0. The predicted molar refractivity (Wildman–Crippen MR) is 123 cm³/mol. The second-order valence-electron chi connectivity index (χ2n) is 9.44. The summed E-state index contributed by atoms with van der Waals surface area (Å²) in [6.45, 7) is 3.26. The number of carbonyl (C=O) groups is 2. The van der Waals surface area contributed by atoms with Crippen LogP contribution in [0.25, 0.3) is 0 Å². The number of aliphatic carboxylic acids is 2. The quantitative estimate of drug-likeness (QED) is 0.168. The molecule has 7 nitrogen and oxygen atoms in total. The SMILES string of the molecule is CCCCCCCCC(O)C(CCCCCCCC(=O)O)OCC[N+](C)(C)CC(=O)O. The van der Waals surface area contributed by atoms with Gasteiger partial charge in [0.15, 0.2) is 6.54 Å². The molecule has 0 aliphatic heterocycles. The fraction of sp³-hybridized carbons (Fsp3) is 0.917. The van der Waals surface area contributed by atoms with Crippen LogP contribution < -0.4 is 0 Å². The summed E-state index contributed by atoms with van der Waals surface area (Å²) >= 11 is 0. The first-order valence-corrected chi connectivity index (χ1v) is 12.2. The molecular weight excluding hydrogens is 398 g/mol. The Kier molecular flexibility index (Phi) is 17.7. The minimum absolute atomic E-state index is 0.0463. The van der Waals surface area contributed by atoms with Crippen LogP contribution >= 0.6 is 0 Å². The Morgan fingerprint density at radius 1 is 0.806 bits per heavy atom. The number of nitrogens with zero attached hydrogens (tertiary/aromatic N) is 1. The summed E-state index contributed by atoms with van der Waals surface area (Å²) in [7, 11) is 3.74. The molecule has 0 rings (SSSR count). The molecule has 0 aliphatic carbocycles. The van der Waals surface area contributed by atoms with Gasteiger partial charge in [0, 0.05) is 6.42 Å². The van der Waals surface area contributed by atoms with E-state index in [1.165, 1.54) is 25.7 Å². The van der Waals surface area contributed by atoms with E-state index in [4.69, 9.17) is 14.9 Å². The van der Waals surface area contributed by atoms with E-state index >= 15 is 0 Å². The molecule has 0 spiro atoms. The van der Waals surface area contributed by atoms with Crippen molar-refractivity contribution in [1.29, 1.82) is 0 Å². The fourth-order valence-electron chi connectivity index (χ4n) is 3.75. The van der Waals surface area contributed by atoms with E-state index in [9.17, 15) is 14.7 Å². The van der Waals surface area contributed by atoms with Gasteiger partial charge in [-0.3, -0.25) is 4.79 Å². The Bertz CT molecular complexity index is 469. The molecule has 0 heterocycles. The molecule has 184 valence electrons. The highest BCUT2D eigenvalue weighted by molar-refractivity contribution is 5.67. The van der Waals surface area contributed by atoms with E-state index in [0.717, 1.165) is 51.4 Å². The van der Waals surface area contributed by atoms with Crippen molar-refractivity contribution in [3.8, 4) is 0 Å². The van der Waals surface area contributed by atoms with Gasteiger partial charge in [-0.1, -0.05) is 71.1 Å². The molecule has 31 heavy (non-hydrogen) atoms. The third-order valence-electron chi connectivity index (χ3n) is 5.75. The van der Waals surface area contributed by atoms with Crippen LogP contribution in [0.1, 0.15) is 96.8 Å². The van der Waals surface area contributed by atoms with Crippen LogP contribution in [0.2, 0.25) is 0 Å². The number of hydrogen-bond acceptors (Lipinski definition) is 4. The number of unbranched alkanes of at least 4 members (excludes halogenated alkanes) is 9. The summed E-state index contributed by atoms with van der Waals surface area (Å²) in [5, 5.41) is 28.4. The smallest absolute Gasteiger partial charge is 0.359 e. The number of aliphatic hydroxyl groups excluding tert-OH is 1. The van der Waals surface area contributed by atoms with Gasteiger partial charge in [-0.15, -0.1) is 0 Å². The molecule has 0 saturated carbocycles. The molecule has 0 aromatic rings. The predicted octanol–water partition coefficient (Wildman–Crippen LogP) is 4.46. The molecular formula is C24H48NO6+. The summed E-state index contributed by atoms with van der Waals surface area (Å²) < 4.78 is 6.39. The third kappa shape index (κ3) is 19.2. The van der Waals surface area contributed by atoms with E-state index in [1.54, 1.807) is 0 Å². The lowest BCUT2D eigenvalue weighted by Gasteiger charge is -2.30. The second-order valence-corrected chi connectivity index (χ2v) is 9.44. The number of hydrogen-bond donors (Lipinski definition) is 3. The molecule has 0 bridgehead atoms. The molecule has 3 N–H and O–H groups in total. The van der Waals surface area contributed by atoms with Crippen molar-refractivity contribution in [1.82, 2.24) is 0 Å². The van der Waals surface area contributed by atoms with E-state index < -0.39 is 18.0 Å². The minimum Gasteiger partial charge on any atom is -0.481 e. The topological polar surface area (TPSA) is 104 Å². The molecule has 2 atom stereocenters. The molecule has 0 aromatic heterocycles. The number of quaternary nitrogens is 1. The van der Waals surface area contributed by atoms with E-state index in [-0.39, 0.29) is 19.1 Å². The van der Waals surface area contributed by atoms with Crippen LogP contribution in [0.4, 0.5) is 0 Å². The van der Waals surface area contributed by atoms with Gasteiger partial charge in [-0.05, 0) is 19.3 Å². The van der Waals surface area contributed by atoms with Crippen LogP contribution in [0.15, 0.2) is 0 Å². The van der Waals surface area contributed by atoms with Gasteiger partial charge in [0.05, 0.1) is 32.9 Å². The number of carboxylic acids is 2. The van der Waals surface area contributed by atoms with Crippen LogP contribution in [0, 0.1) is 0 Å². The molecule has 0 aliphatic rings. The Hall–Kier alpha value is -1.18. The zero-order valence-corrected chi connectivity index (χ0v) is 20.2. The zero-order chi connectivity index (χ0) is 23.5. The second kappa shape index (κ2) is 18.4. The Morgan fingerprint density at radius 3 is 1.94 bits per heavy atom. The average Bonchev–Trinajstić information content (AvgIpc) is 2.67. The molecule has 0 aromatic carbocycles. The molecule has 0 amide bonds. The van der Waals surface area contributed by atoms with Gasteiger partial charge >= 0.3 is 11.9 Å². The molecule has 0 radical (unpaired) electrons. The normalized spacial score (nSPS) is 13.8. The van der Waals surface area contributed by atoms with Crippen molar-refractivity contribution in [3.63, 3.8) is 0 Å². The van der Waals surface area contributed by atoms with E-state index in [1.807, 2.05) is 14.1 Å². The van der Waals surface area contributed by atoms with Crippen molar-refractivity contribution >= 4 is 11.9 Å². The maximum Gasteiger partial charge on any atom is 0.359 e. The third-order valence-corrected chi connectivity index (χ3v) is 5.75. The highest BCUT2D eigenvalue weighted by atomic mass is 16.5. The average molecular weight is 447 g/mol. The lowest BCUT2D eigenvalue weighted by atomic mass is 9.99. The van der Waals surface area contributed by atoms with Gasteiger partial charge in [-0.2, -0.15) is 0 Å². The number of rotatable bonds is 22. The van der Waals surface area contributed by atoms with Crippen molar-refractivity contribution < 1.29 is 34.1 Å². The van der Waals surface area contributed by atoms with Crippen LogP contribution in [0.3, 0.4) is 0 Å². The molecule has 0 fully saturated rings. The van der Waals surface area contributed by atoms with Gasteiger partial charge in [0.25, 0.3) is 0 Å². The largest absolute Gasteiger partial charge is 0.481 e. The highest BCUT2D eigenvalue weighted by Crippen LogP contribution is 2.18. The number of ether oxygens (including phenoxy) is 1. The maximum atomic E-state index is 11.0. The summed E-state index contributed by atoms with van der Waals surface area (Å²) in [6, 6.07) is 0. The first-order valence-electron chi connectivity index (χ1n) is 12.2. The fourth-order valence-corrected chi connectivity index (χ4v) is 3.75. The first-order chi connectivity index (χ1) is 14.7. The number of carboxylic acid groups (broad SMARTS) is 2. The lowest BCUT2D eigenvalue weighted by Crippen LogP contribution is -2.46. The van der Waals surface area contributed by atoms with E-state index in [0.29, 0.717) is 24.1 Å². The van der Waals surface area contributed by atoms with Crippen molar-refractivity contribution in [2.24, 2.45) is 0 Å². The Labute approximate surface area is 189 Å². The molecule has 2 unspecified atom stereocenters. The number of likely N-dealkylation sites (N-methyl/N-ethyl adjacent to an activating group) is 1. The van der Waals surface area contributed by atoms with Crippen LogP contribution in [0.5, 0.6) is 0 Å². The van der Waals surface area contributed by atoms with Crippen molar-refractivity contribution in [2.75, 3.05) is 33.8 Å². The summed E-state index contributed by atoms with van der Waals surface area (Å²) in [4.78, 5) is 21.6. The number of aliphatic hydroxyl groups is 1. The van der Waals surface area contributed by atoms with Crippen molar-refractivity contribution in [2.45, 2.75) is 109 Å². The Morgan fingerprint density at radius 2 is 1.35 bits per heavy atom. The zero-order valence-electron chi connectivity index (χ0n) is 20.2. The first kappa shape index (κ1) is 29.8. The minimum atomic E-state index is -0.826. The van der Waals surface area contributed by atoms with Crippen LogP contribution in [-0.2, 0) is 14.3 Å².